The molecule has 0 unspecified atom stereocenters. The van der Waals surface area contributed by atoms with Gasteiger partial charge < -0.3 is 10.1 Å². The smallest absolute Gasteiger partial charge is 0.341 e. The van der Waals surface area contributed by atoms with E-state index in [1.165, 1.54) is 13.1 Å². The molecule has 1 N–H and O–H groups in total. The number of nitrogens with zero attached hydrogens (tertiary/aromatic N) is 2. The molecule has 1 amide bonds. The van der Waals surface area contributed by atoms with Crippen molar-refractivity contribution in [3.63, 3.8) is 0 Å². The fourth-order valence-electron chi connectivity index (χ4n) is 2.64. The molecule has 0 aliphatic carbocycles. The van der Waals surface area contributed by atoms with Crippen LogP contribution in [0, 0.1) is 6.92 Å². The number of nitrogens with one attached hydrogen (secondary N) is 1. The van der Waals surface area contributed by atoms with E-state index in [1.807, 2.05) is 6.07 Å². The number of hydrogen-bond acceptors (Lipinski definition) is 6. The Bertz CT molecular complexity index is 1050. The molecule has 0 saturated heterocycles. The first-order valence-corrected chi connectivity index (χ1v) is 9.46. The molecule has 2 heterocycles. The number of ketones is 1. The zero-order valence-electron chi connectivity index (χ0n) is 15.7. The third-order valence-electron chi connectivity index (χ3n) is 4.03. The number of thiophene rings is 1. The van der Waals surface area contributed by atoms with Crippen LogP contribution in [0.1, 0.15) is 49.2 Å². The molecule has 0 aliphatic heterocycles. The number of benzene rings is 1. The molecular weight excluding hydrogens is 378 g/mol. The Labute approximate surface area is 165 Å². The monoisotopic (exact) mass is 397 g/mol. The van der Waals surface area contributed by atoms with Gasteiger partial charge in [-0.1, -0.05) is 6.07 Å². The molecule has 1 aromatic carbocycles. The summed E-state index contributed by atoms with van der Waals surface area (Å²) in [5.41, 5.74) is 2.31. The van der Waals surface area contributed by atoms with Crippen LogP contribution in [-0.4, -0.2) is 34.0 Å². The van der Waals surface area contributed by atoms with E-state index in [2.05, 4.69) is 10.4 Å². The standard InChI is InChI=1S/C20H19N3O4S/c1-4-27-20(26)16-11-21-23(12(16)2)15-7-5-6-14(10-15)22-19(25)18-9-8-17(28-18)13(3)24/h5-11H,4H2,1-3H3,(H,22,25). The van der Waals surface area contributed by atoms with E-state index >= 15 is 0 Å². The van der Waals surface area contributed by atoms with Crippen molar-refractivity contribution in [1.29, 1.82) is 0 Å². The summed E-state index contributed by atoms with van der Waals surface area (Å²) in [5.74, 6) is -0.786. The summed E-state index contributed by atoms with van der Waals surface area (Å²) < 4.78 is 6.64. The van der Waals surface area contributed by atoms with Gasteiger partial charge in [0.1, 0.15) is 5.56 Å². The van der Waals surface area contributed by atoms with Crippen molar-refractivity contribution in [3.05, 3.63) is 63.6 Å². The van der Waals surface area contributed by atoms with Crippen LogP contribution in [0.5, 0.6) is 0 Å². The highest BCUT2D eigenvalue weighted by Gasteiger charge is 2.17. The van der Waals surface area contributed by atoms with E-state index in [0.29, 0.717) is 39.0 Å². The average Bonchev–Trinajstić information content (AvgIpc) is 3.29. The molecule has 0 radical (unpaired) electrons. The Morgan fingerprint density at radius 3 is 2.61 bits per heavy atom. The van der Waals surface area contributed by atoms with Gasteiger partial charge in [0.05, 0.1) is 33.9 Å². The first-order chi connectivity index (χ1) is 13.4. The van der Waals surface area contributed by atoms with Gasteiger partial charge in [-0.3, -0.25) is 9.59 Å². The molecule has 28 heavy (non-hydrogen) atoms. The maximum absolute atomic E-state index is 12.4. The summed E-state index contributed by atoms with van der Waals surface area (Å²) >= 11 is 1.15. The summed E-state index contributed by atoms with van der Waals surface area (Å²) in [6, 6.07) is 10.4. The molecule has 0 aliphatic rings. The maximum atomic E-state index is 12.4. The van der Waals surface area contributed by atoms with Crippen LogP contribution < -0.4 is 5.32 Å². The second kappa shape index (κ2) is 8.18. The highest BCUT2D eigenvalue weighted by atomic mass is 32.1. The van der Waals surface area contributed by atoms with Crippen LogP contribution in [0.15, 0.2) is 42.6 Å². The van der Waals surface area contributed by atoms with E-state index < -0.39 is 5.97 Å². The fraction of sp³-hybridized carbons (Fsp3) is 0.200. The topological polar surface area (TPSA) is 90.3 Å². The molecule has 0 saturated carbocycles. The van der Waals surface area contributed by atoms with Gasteiger partial charge in [0.25, 0.3) is 5.91 Å². The van der Waals surface area contributed by atoms with Crippen molar-refractivity contribution >= 4 is 34.7 Å². The first kappa shape index (κ1) is 19.5. The summed E-state index contributed by atoms with van der Waals surface area (Å²) in [6.45, 7) is 5.28. The third kappa shape index (κ3) is 4.01. The van der Waals surface area contributed by atoms with E-state index in [0.717, 1.165) is 11.3 Å². The van der Waals surface area contributed by atoms with Gasteiger partial charge in [-0.2, -0.15) is 5.10 Å². The molecule has 144 valence electrons. The molecular formula is C20H19N3O4S. The highest BCUT2D eigenvalue weighted by Crippen LogP contribution is 2.21. The van der Waals surface area contributed by atoms with Crippen LogP contribution in [0.25, 0.3) is 5.69 Å². The van der Waals surface area contributed by atoms with Gasteiger partial charge in [0.15, 0.2) is 5.78 Å². The van der Waals surface area contributed by atoms with Crippen LogP contribution in [0.3, 0.4) is 0 Å². The van der Waals surface area contributed by atoms with Crippen LogP contribution in [0.4, 0.5) is 5.69 Å². The van der Waals surface area contributed by atoms with Gasteiger partial charge in [0, 0.05) is 5.69 Å². The van der Waals surface area contributed by atoms with Crippen LogP contribution in [-0.2, 0) is 4.74 Å². The number of esters is 1. The van der Waals surface area contributed by atoms with Crippen LogP contribution in [0.2, 0.25) is 0 Å². The second-order valence-corrected chi connectivity index (χ2v) is 7.08. The zero-order chi connectivity index (χ0) is 20.3. The Morgan fingerprint density at radius 2 is 1.93 bits per heavy atom. The number of ether oxygens (including phenoxy) is 1. The van der Waals surface area contributed by atoms with Crippen molar-refractivity contribution in [1.82, 2.24) is 9.78 Å². The molecule has 2 aromatic heterocycles. The summed E-state index contributed by atoms with van der Waals surface area (Å²) in [7, 11) is 0. The lowest BCUT2D eigenvalue weighted by Gasteiger charge is -2.09. The minimum Gasteiger partial charge on any atom is -0.462 e. The molecule has 8 heteroatoms. The lowest BCUT2D eigenvalue weighted by atomic mass is 10.2. The number of Topliss-reactive ketones (excluding diaryl/α,β-unsaturated/α-hetero) is 1. The summed E-state index contributed by atoms with van der Waals surface area (Å²) in [6.07, 6.45) is 1.47. The van der Waals surface area contributed by atoms with Crippen molar-refractivity contribution < 1.29 is 19.1 Å². The third-order valence-corrected chi connectivity index (χ3v) is 5.22. The quantitative estimate of drug-likeness (QED) is 0.504. The predicted molar refractivity (Wildman–Crippen MR) is 107 cm³/mol. The molecule has 3 rings (SSSR count). The van der Waals surface area contributed by atoms with Crippen LogP contribution >= 0.6 is 11.3 Å². The van der Waals surface area contributed by atoms with E-state index in [1.54, 1.807) is 48.9 Å². The summed E-state index contributed by atoms with van der Waals surface area (Å²) in [4.78, 5) is 36.8. The fourth-order valence-corrected chi connectivity index (χ4v) is 3.43. The molecule has 7 nitrogen and oxygen atoms in total. The van der Waals surface area contributed by atoms with Gasteiger partial charge in [-0.15, -0.1) is 11.3 Å². The van der Waals surface area contributed by atoms with Gasteiger partial charge in [-0.05, 0) is 51.1 Å². The molecule has 0 spiro atoms. The van der Waals surface area contributed by atoms with Crippen molar-refractivity contribution in [2.75, 3.05) is 11.9 Å². The Hall–Kier alpha value is -3.26. The maximum Gasteiger partial charge on any atom is 0.341 e. The van der Waals surface area contributed by atoms with Gasteiger partial charge in [-0.25, -0.2) is 9.48 Å². The number of rotatable bonds is 6. The lowest BCUT2D eigenvalue weighted by Crippen LogP contribution is -2.11. The minimum absolute atomic E-state index is 0.0717. The molecule has 3 aromatic rings. The number of hydrogen-bond donors (Lipinski definition) is 1. The number of amides is 1. The molecule has 0 atom stereocenters. The summed E-state index contributed by atoms with van der Waals surface area (Å²) in [5, 5.41) is 7.08. The Balaban J connectivity index is 1.82. The predicted octanol–water partition coefficient (Wildman–Crippen LogP) is 3.87. The molecule has 0 bridgehead atoms. The normalized spacial score (nSPS) is 10.5. The second-order valence-electron chi connectivity index (χ2n) is 6.00. The van der Waals surface area contributed by atoms with E-state index in [4.69, 9.17) is 4.74 Å². The average molecular weight is 397 g/mol. The van der Waals surface area contributed by atoms with Crippen molar-refractivity contribution in [3.8, 4) is 5.69 Å². The zero-order valence-corrected chi connectivity index (χ0v) is 16.5. The van der Waals surface area contributed by atoms with Crippen molar-refractivity contribution in [2.24, 2.45) is 0 Å². The number of aromatic nitrogens is 2. The van der Waals surface area contributed by atoms with E-state index in [-0.39, 0.29) is 11.7 Å². The number of anilines is 1. The van der Waals surface area contributed by atoms with Gasteiger partial charge in [0.2, 0.25) is 0 Å². The Kier molecular flexibility index (Phi) is 5.70. The number of carbonyl (C=O) groups excluding carboxylic acids is 3. The van der Waals surface area contributed by atoms with Crippen molar-refractivity contribution in [2.45, 2.75) is 20.8 Å². The lowest BCUT2D eigenvalue weighted by molar-refractivity contribution is 0.0525. The Morgan fingerprint density at radius 1 is 1.18 bits per heavy atom. The first-order valence-electron chi connectivity index (χ1n) is 8.65. The minimum atomic E-state index is -0.422. The highest BCUT2D eigenvalue weighted by molar-refractivity contribution is 7.16. The SMILES string of the molecule is CCOC(=O)c1cnn(-c2cccc(NC(=O)c3ccc(C(C)=O)s3)c2)c1C. The number of carbonyl (C=O) groups is 3. The molecule has 0 fully saturated rings. The largest absolute Gasteiger partial charge is 0.462 e. The van der Waals surface area contributed by atoms with E-state index in [9.17, 15) is 14.4 Å². The van der Waals surface area contributed by atoms with Gasteiger partial charge >= 0.3 is 5.97 Å².